The first-order valence-corrected chi connectivity index (χ1v) is 18.0. The third-order valence-electron chi connectivity index (χ3n) is 7.15. The van der Waals surface area contributed by atoms with E-state index in [1.165, 1.54) is 12.1 Å². The zero-order valence-corrected chi connectivity index (χ0v) is 32.4. The fraction of sp³-hybridized carbons (Fsp3) is 0.100. The molecule has 4 aromatic carbocycles. The summed E-state index contributed by atoms with van der Waals surface area (Å²) in [6.07, 6.45) is -2.60. The summed E-state index contributed by atoms with van der Waals surface area (Å²) < 4.78 is 87.2. The molecule has 0 radical (unpaired) electrons. The lowest BCUT2D eigenvalue weighted by molar-refractivity contribution is -0.138. The lowest BCUT2D eigenvalue weighted by Crippen LogP contribution is -2.22. The number of carbonyl (C=O) groups excluding carboxylic acids is 2. The number of carbonyl (C=O) groups is 2. The summed E-state index contributed by atoms with van der Waals surface area (Å²) in [5.41, 5.74) is 4.92. The molecule has 19 heteroatoms. The average Bonchev–Trinajstić information content (AvgIpc) is 3.19. The van der Waals surface area contributed by atoms with Crippen LogP contribution in [0.4, 0.5) is 49.1 Å². The van der Waals surface area contributed by atoms with Gasteiger partial charge in [0.2, 0.25) is 11.8 Å². The first kappa shape index (κ1) is 45.5. The molecule has 0 atom stereocenters. The summed E-state index contributed by atoms with van der Waals surface area (Å²) in [6, 6.07) is 27.5. The van der Waals surface area contributed by atoms with Crippen LogP contribution >= 0.6 is 34.8 Å². The van der Waals surface area contributed by atoms with Crippen molar-refractivity contribution >= 4 is 69.4 Å². The monoisotopic (exact) mass is 878 g/mol. The number of hydrogen-bond donors (Lipinski definition) is 4. The average molecular weight is 880 g/mol. The van der Waals surface area contributed by atoms with Crippen LogP contribution in [0, 0.1) is 0 Å². The lowest BCUT2D eigenvalue weighted by atomic mass is 10.2. The number of aromatic nitrogens is 2. The molecule has 0 bridgehead atoms. The molecular weight excluding hydrogens is 849 g/mol. The summed E-state index contributed by atoms with van der Waals surface area (Å²) in [6.45, 7) is -0.150. The van der Waals surface area contributed by atoms with E-state index in [1.54, 1.807) is 79.4 Å². The van der Waals surface area contributed by atoms with Crippen molar-refractivity contribution in [3.8, 4) is 23.0 Å². The number of pyridine rings is 2. The van der Waals surface area contributed by atoms with Crippen molar-refractivity contribution in [2.75, 3.05) is 34.1 Å². The Morgan fingerprint density at radius 3 is 1.49 bits per heavy atom. The minimum absolute atomic E-state index is 0.00220. The molecule has 0 fully saturated rings. The zero-order chi connectivity index (χ0) is 43.0. The van der Waals surface area contributed by atoms with E-state index in [1.807, 2.05) is 18.2 Å². The Morgan fingerprint density at radius 1 is 0.576 bits per heavy atom. The van der Waals surface area contributed by atoms with Gasteiger partial charge in [-0.3, -0.25) is 19.6 Å². The van der Waals surface area contributed by atoms with Gasteiger partial charge in [-0.05, 0) is 84.9 Å². The van der Waals surface area contributed by atoms with Gasteiger partial charge in [0, 0.05) is 59.7 Å². The number of nitrogens with two attached hydrogens (primary N) is 1. The second kappa shape index (κ2) is 21.5. The van der Waals surface area contributed by atoms with Crippen molar-refractivity contribution in [3.63, 3.8) is 0 Å². The molecule has 0 unspecified atom stereocenters. The van der Waals surface area contributed by atoms with Crippen LogP contribution in [-0.4, -0.2) is 34.2 Å². The number of rotatable bonds is 10. The number of ether oxygens (including phenoxy) is 2. The van der Waals surface area contributed by atoms with Gasteiger partial charge in [-0.2, -0.15) is 26.3 Å². The van der Waals surface area contributed by atoms with Gasteiger partial charge in [0.15, 0.2) is 0 Å². The molecule has 59 heavy (non-hydrogen) atoms. The van der Waals surface area contributed by atoms with Crippen molar-refractivity contribution in [3.05, 3.63) is 155 Å². The first-order chi connectivity index (χ1) is 28.0. The highest BCUT2D eigenvalue weighted by molar-refractivity contribution is 6.32. The van der Waals surface area contributed by atoms with Gasteiger partial charge in [-0.25, -0.2) is 0 Å². The second-order valence-electron chi connectivity index (χ2n) is 11.6. The third kappa shape index (κ3) is 15.6. The molecule has 2 heterocycles. The van der Waals surface area contributed by atoms with E-state index in [4.69, 9.17) is 50.0 Å². The van der Waals surface area contributed by atoms with E-state index < -0.39 is 45.3 Å². The maximum atomic E-state index is 12.9. The number of halogens is 9. The molecule has 10 nitrogen and oxygen atoms in total. The van der Waals surface area contributed by atoms with E-state index in [-0.39, 0.29) is 23.8 Å². The van der Waals surface area contributed by atoms with Crippen LogP contribution in [0.25, 0.3) is 0 Å². The Bertz CT molecular complexity index is 2310. The fourth-order valence-electron chi connectivity index (χ4n) is 4.55. The Hall–Kier alpha value is -6.23. The van der Waals surface area contributed by atoms with E-state index in [0.717, 1.165) is 35.8 Å². The minimum Gasteiger partial charge on any atom is -0.457 e. The SMILES string of the molecule is Nc1cccc(Oc2ccncc2)c1.O=C(CCl)Nc1ccc(Cl)c(C(F)(F)F)c1.O=C(CNc1cccc(Oc2ccncc2)c1)Nc1ccc(Cl)c(C(F)(F)F)c1. The summed E-state index contributed by atoms with van der Waals surface area (Å²) in [7, 11) is 0. The van der Waals surface area contributed by atoms with Crippen LogP contribution in [0.3, 0.4) is 0 Å². The van der Waals surface area contributed by atoms with Gasteiger partial charge in [-0.1, -0.05) is 35.3 Å². The summed E-state index contributed by atoms with van der Waals surface area (Å²) >= 11 is 16.2. The molecule has 6 rings (SSSR count). The number of nitrogen functional groups attached to an aromatic ring is 1. The zero-order valence-electron chi connectivity index (χ0n) is 30.1. The van der Waals surface area contributed by atoms with E-state index in [2.05, 4.69) is 25.9 Å². The molecule has 308 valence electrons. The summed E-state index contributed by atoms with van der Waals surface area (Å²) in [4.78, 5) is 30.8. The Labute approximate surface area is 348 Å². The number of anilines is 4. The van der Waals surface area contributed by atoms with Gasteiger partial charge in [-0.15, -0.1) is 11.6 Å². The van der Waals surface area contributed by atoms with Crippen molar-refractivity contribution in [1.29, 1.82) is 0 Å². The number of nitrogens with one attached hydrogen (secondary N) is 3. The number of alkyl halides is 7. The first-order valence-electron chi connectivity index (χ1n) is 16.7. The number of hydrogen-bond acceptors (Lipinski definition) is 8. The largest absolute Gasteiger partial charge is 0.457 e. The molecule has 0 aliphatic rings. The van der Waals surface area contributed by atoms with Gasteiger partial charge < -0.3 is 31.2 Å². The minimum atomic E-state index is -4.61. The summed E-state index contributed by atoms with van der Waals surface area (Å²) in [5.74, 6) is 1.22. The van der Waals surface area contributed by atoms with Crippen LogP contribution in [0.2, 0.25) is 10.0 Å². The molecule has 6 aromatic rings. The molecule has 0 aliphatic carbocycles. The van der Waals surface area contributed by atoms with Crippen molar-refractivity contribution in [2.45, 2.75) is 12.4 Å². The maximum Gasteiger partial charge on any atom is 0.417 e. The highest BCUT2D eigenvalue weighted by atomic mass is 35.5. The number of nitrogens with zero attached hydrogens (tertiary/aromatic N) is 2. The molecule has 2 aromatic heterocycles. The maximum absolute atomic E-state index is 12.9. The smallest absolute Gasteiger partial charge is 0.417 e. The molecule has 0 saturated carbocycles. The topological polar surface area (TPSA) is 140 Å². The van der Waals surface area contributed by atoms with Crippen LogP contribution in [0.15, 0.2) is 134 Å². The highest BCUT2D eigenvalue weighted by Crippen LogP contribution is 2.37. The van der Waals surface area contributed by atoms with Gasteiger partial charge >= 0.3 is 12.4 Å². The van der Waals surface area contributed by atoms with Crippen LogP contribution < -0.4 is 31.2 Å². The Morgan fingerprint density at radius 2 is 1.03 bits per heavy atom. The van der Waals surface area contributed by atoms with E-state index in [0.29, 0.717) is 22.9 Å². The molecule has 0 aliphatic heterocycles. The third-order valence-corrected chi connectivity index (χ3v) is 8.05. The summed E-state index contributed by atoms with van der Waals surface area (Å²) in [5, 5.41) is 6.65. The van der Waals surface area contributed by atoms with Crippen LogP contribution in [0.5, 0.6) is 23.0 Å². The quantitative estimate of drug-likeness (QED) is 0.0606. The predicted molar refractivity (Wildman–Crippen MR) is 215 cm³/mol. The van der Waals surface area contributed by atoms with Crippen molar-refractivity contribution < 1.29 is 45.4 Å². The number of amides is 2. The molecule has 0 spiro atoms. The van der Waals surface area contributed by atoms with Gasteiger partial charge in [0.25, 0.3) is 0 Å². The molecule has 0 saturated heterocycles. The normalized spacial score (nSPS) is 10.8. The molecule has 5 N–H and O–H groups in total. The van der Waals surface area contributed by atoms with Crippen LogP contribution in [-0.2, 0) is 21.9 Å². The predicted octanol–water partition coefficient (Wildman–Crippen LogP) is 11.6. The van der Waals surface area contributed by atoms with Gasteiger partial charge in [0.05, 0.1) is 27.7 Å². The van der Waals surface area contributed by atoms with Gasteiger partial charge in [0.1, 0.15) is 28.9 Å². The highest BCUT2D eigenvalue weighted by Gasteiger charge is 2.34. The lowest BCUT2D eigenvalue weighted by Gasteiger charge is -2.12. The molecule has 2 amide bonds. The number of benzene rings is 4. The Balaban J connectivity index is 0.000000216. The standard InChI is InChI=1S/C20H15ClF3N3O2.C11H10N2O.C9H6Cl2F3NO/c21-18-5-4-14(11-17(18)20(22,23)24)27-19(28)12-26-13-2-1-3-16(10-13)29-15-6-8-25-9-7-15;12-9-2-1-3-11(8-9)14-10-4-6-13-7-5-10;10-4-8(16)15-5-1-2-7(11)6(3-5)9(12,13)14/h1-11,26H,12H2,(H,27,28);1-8H,12H2;1-3H,4H2,(H,15,16). The van der Waals surface area contributed by atoms with E-state index >= 15 is 0 Å². The Kier molecular flexibility index (Phi) is 16.6. The van der Waals surface area contributed by atoms with Crippen molar-refractivity contribution in [1.82, 2.24) is 9.97 Å². The van der Waals surface area contributed by atoms with Crippen LogP contribution in [0.1, 0.15) is 11.1 Å². The second-order valence-corrected chi connectivity index (χ2v) is 12.7. The fourth-order valence-corrected chi connectivity index (χ4v) is 5.07. The van der Waals surface area contributed by atoms with E-state index in [9.17, 15) is 35.9 Å². The molecular formula is C40H31Cl3F6N6O4. The van der Waals surface area contributed by atoms with Crippen molar-refractivity contribution in [2.24, 2.45) is 0 Å².